The molecule has 0 bridgehead atoms. The molecule has 0 fully saturated rings. The van der Waals surface area contributed by atoms with Gasteiger partial charge in [-0.2, -0.15) is 0 Å². The van der Waals surface area contributed by atoms with Crippen molar-refractivity contribution in [2.75, 3.05) is 12.3 Å². The highest BCUT2D eigenvalue weighted by atomic mass is 32.2. The van der Waals surface area contributed by atoms with Crippen LogP contribution in [0.15, 0.2) is 59.3 Å². The van der Waals surface area contributed by atoms with E-state index < -0.39 is 0 Å². The fraction of sp³-hybridized carbons (Fsp3) is 0.222. The zero-order valence-corrected chi connectivity index (χ0v) is 15.1. The number of carbonyl (C=O) groups excluding carboxylic acids is 1. The highest BCUT2D eigenvalue weighted by Gasteiger charge is 2.10. The number of thiophene rings is 1. The molecule has 0 saturated heterocycles. The molecule has 1 aromatic carbocycles. The lowest BCUT2D eigenvalue weighted by Gasteiger charge is -2.10. The van der Waals surface area contributed by atoms with E-state index in [2.05, 4.69) is 40.8 Å². The molecule has 2 aromatic heterocycles. The highest BCUT2D eigenvalue weighted by Crippen LogP contribution is 2.22. The Morgan fingerprint density at radius 3 is 2.96 bits per heavy atom. The van der Waals surface area contributed by atoms with E-state index in [1.54, 1.807) is 17.5 Å². The second-order valence-corrected chi connectivity index (χ2v) is 7.31. The summed E-state index contributed by atoms with van der Waals surface area (Å²) < 4.78 is 2.03. The van der Waals surface area contributed by atoms with Crippen molar-refractivity contribution >= 4 is 29.0 Å². The van der Waals surface area contributed by atoms with E-state index >= 15 is 0 Å². The third kappa shape index (κ3) is 4.27. The lowest BCUT2D eigenvalue weighted by molar-refractivity contribution is -0.118. The predicted octanol–water partition coefficient (Wildman–Crippen LogP) is 3.69. The van der Waals surface area contributed by atoms with Crippen molar-refractivity contribution in [3.63, 3.8) is 0 Å². The van der Waals surface area contributed by atoms with Crippen molar-refractivity contribution in [3.05, 3.63) is 64.6 Å². The average molecular weight is 358 g/mol. The first kappa shape index (κ1) is 16.8. The molecule has 0 radical (unpaired) electrons. The second-order valence-electron chi connectivity index (χ2n) is 5.33. The summed E-state index contributed by atoms with van der Waals surface area (Å²) in [6.07, 6.45) is 4.58. The minimum atomic E-state index is 0.0379. The highest BCUT2D eigenvalue weighted by molar-refractivity contribution is 7.99. The van der Waals surface area contributed by atoms with Gasteiger partial charge in [0.2, 0.25) is 5.91 Å². The summed E-state index contributed by atoms with van der Waals surface area (Å²) >= 11 is 3.17. The molecule has 2 heterocycles. The molecule has 1 amide bonds. The minimum absolute atomic E-state index is 0.0379. The second kappa shape index (κ2) is 8.17. The number of aromatic nitrogens is 2. The number of carbonyl (C=O) groups is 1. The lowest BCUT2D eigenvalue weighted by atomic mass is 10.2. The quantitative estimate of drug-likeness (QED) is 0.656. The Morgan fingerprint density at radius 1 is 1.29 bits per heavy atom. The molecule has 3 aromatic rings. The molecule has 124 valence electrons. The molecule has 4 nitrogen and oxygen atoms in total. The van der Waals surface area contributed by atoms with Crippen LogP contribution in [-0.2, 0) is 11.2 Å². The molecule has 1 N–H and O–H groups in total. The number of thioether (sulfide) groups is 1. The van der Waals surface area contributed by atoms with Crippen LogP contribution < -0.4 is 5.32 Å². The van der Waals surface area contributed by atoms with E-state index in [1.807, 2.05) is 29.0 Å². The number of amides is 1. The van der Waals surface area contributed by atoms with E-state index in [0.29, 0.717) is 12.3 Å². The van der Waals surface area contributed by atoms with Crippen LogP contribution in [0.25, 0.3) is 5.69 Å². The van der Waals surface area contributed by atoms with Gasteiger partial charge in [0.15, 0.2) is 5.16 Å². The Balaban J connectivity index is 1.53. The van der Waals surface area contributed by atoms with E-state index in [9.17, 15) is 4.79 Å². The number of hydrogen-bond donors (Lipinski definition) is 1. The number of imidazole rings is 1. The number of para-hydroxylation sites is 1. The Labute approximate surface area is 149 Å². The maximum absolute atomic E-state index is 12.0. The molecule has 0 unspecified atom stereocenters. The zero-order valence-electron chi connectivity index (χ0n) is 13.4. The summed E-state index contributed by atoms with van der Waals surface area (Å²) in [5, 5.41) is 5.85. The van der Waals surface area contributed by atoms with E-state index in [1.165, 1.54) is 22.2 Å². The number of nitrogens with one attached hydrogen (secondary N) is 1. The average Bonchev–Trinajstić information content (AvgIpc) is 3.25. The van der Waals surface area contributed by atoms with Gasteiger partial charge < -0.3 is 5.32 Å². The van der Waals surface area contributed by atoms with Crippen LogP contribution >= 0.6 is 23.1 Å². The van der Waals surface area contributed by atoms with Gasteiger partial charge in [-0.05, 0) is 36.4 Å². The SMILES string of the molecule is Cc1ccccc1-n1ccnc1SCC(=O)NCCc1cccs1. The van der Waals surface area contributed by atoms with Crippen LogP contribution in [0.1, 0.15) is 10.4 Å². The van der Waals surface area contributed by atoms with E-state index in [-0.39, 0.29) is 5.91 Å². The Kier molecular flexibility index (Phi) is 5.72. The molecule has 0 aliphatic heterocycles. The molecule has 0 saturated carbocycles. The maximum Gasteiger partial charge on any atom is 0.230 e. The summed E-state index contributed by atoms with van der Waals surface area (Å²) in [7, 11) is 0. The van der Waals surface area contributed by atoms with Crippen molar-refractivity contribution < 1.29 is 4.79 Å². The monoisotopic (exact) mass is 357 g/mol. The van der Waals surface area contributed by atoms with E-state index in [0.717, 1.165) is 17.3 Å². The number of benzene rings is 1. The third-order valence-corrected chi connectivity index (χ3v) is 5.49. The van der Waals surface area contributed by atoms with Crippen molar-refractivity contribution in [2.24, 2.45) is 0 Å². The zero-order chi connectivity index (χ0) is 16.8. The van der Waals surface area contributed by atoms with E-state index in [4.69, 9.17) is 0 Å². The first-order chi connectivity index (χ1) is 11.7. The van der Waals surface area contributed by atoms with Crippen molar-refractivity contribution in [3.8, 4) is 5.69 Å². The van der Waals surface area contributed by atoms with Crippen LogP contribution in [0.4, 0.5) is 0 Å². The van der Waals surface area contributed by atoms with Gasteiger partial charge in [0.25, 0.3) is 0 Å². The van der Waals surface area contributed by atoms with Gasteiger partial charge >= 0.3 is 0 Å². The smallest absolute Gasteiger partial charge is 0.230 e. The first-order valence-electron chi connectivity index (χ1n) is 7.75. The van der Waals surface area contributed by atoms with Crippen LogP contribution in [-0.4, -0.2) is 27.8 Å². The molecule has 0 aliphatic carbocycles. The molecule has 0 aliphatic rings. The molecular formula is C18H19N3OS2. The molecule has 0 atom stereocenters. The third-order valence-electron chi connectivity index (χ3n) is 3.59. The van der Waals surface area contributed by atoms with Crippen LogP contribution in [0, 0.1) is 6.92 Å². The molecule has 24 heavy (non-hydrogen) atoms. The van der Waals surface area contributed by atoms with Crippen LogP contribution in [0.5, 0.6) is 0 Å². The fourth-order valence-electron chi connectivity index (χ4n) is 2.37. The van der Waals surface area contributed by atoms with Gasteiger partial charge in [0.1, 0.15) is 0 Å². The molecule has 3 rings (SSSR count). The number of hydrogen-bond acceptors (Lipinski definition) is 4. The van der Waals surface area contributed by atoms with Gasteiger partial charge in [0.05, 0.1) is 11.4 Å². The maximum atomic E-state index is 12.0. The normalized spacial score (nSPS) is 10.7. The van der Waals surface area contributed by atoms with Gasteiger partial charge in [-0.3, -0.25) is 9.36 Å². The van der Waals surface area contributed by atoms with Gasteiger partial charge in [-0.25, -0.2) is 4.98 Å². The predicted molar refractivity (Wildman–Crippen MR) is 100 cm³/mol. The summed E-state index contributed by atoms with van der Waals surface area (Å²) in [6.45, 7) is 2.74. The standard InChI is InChI=1S/C18H19N3OS2/c1-14-5-2-3-7-16(14)21-11-10-20-18(21)24-13-17(22)19-9-8-15-6-4-12-23-15/h2-7,10-12H,8-9,13H2,1H3,(H,19,22). The fourth-order valence-corrected chi connectivity index (χ4v) is 3.88. The Hall–Kier alpha value is -2.05. The first-order valence-corrected chi connectivity index (χ1v) is 9.62. The largest absolute Gasteiger partial charge is 0.355 e. The molecule has 0 spiro atoms. The van der Waals surface area contributed by atoms with Gasteiger partial charge in [-0.1, -0.05) is 36.0 Å². The van der Waals surface area contributed by atoms with Gasteiger partial charge in [-0.15, -0.1) is 11.3 Å². The summed E-state index contributed by atoms with van der Waals surface area (Å²) in [5.41, 5.74) is 2.27. The lowest BCUT2D eigenvalue weighted by Crippen LogP contribution is -2.27. The summed E-state index contributed by atoms with van der Waals surface area (Å²) in [4.78, 5) is 17.7. The van der Waals surface area contributed by atoms with Crippen LogP contribution in [0.2, 0.25) is 0 Å². The Bertz CT molecular complexity index is 796. The number of aryl methyl sites for hydroxylation is 1. The van der Waals surface area contributed by atoms with Crippen molar-refractivity contribution in [1.82, 2.24) is 14.9 Å². The minimum Gasteiger partial charge on any atom is -0.355 e. The molecular weight excluding hydrogens is 338 g/mol. The van der Waals surface area contributed by atoms with Gasteiger partial charge in [0, 0.05) is 23.8 Å². The number of rotatable bonds is 7. The van der Waals surface area contributed by atoms with Crippen molar-refractivity contribution in [1.29, 1.82) is 0 Å². The van der Waals surface area contributed by atoms with Crippen LogP contribution in [0.3, 0.4) is 0 Å². The van der Waals surface area contributed by atoms with Crippen molar-refractivity contribution in [2.45, 2.75) is 18.5 Å². The number of nitrogens with zero attached hydrogens (tertiary/aromatic N) is 2. The summed E-state index contributed by atoms with van der Waals surface area (Å²) in [6, 6.07) is 12.3. The molecule has 6 heteroatoms. The summed E-state index contributed by atoms with van der Waals surface area (Å²) in [5.74, 6) is 0.406. The topological polar surface area (TPSA) is 46.9 Å². The Morgan fingerprint density at radius 2 is 2.17 bits per heavy atom.